The minimum atomic E-state index is -0.850. The summed E-state index contributed by atoms with van der Waals surface area (Å²) in [5, 5.41) is 5.56. The summed E-state index contributed by atoms with van der Waals surface area (Å²) < 4.78 is 10.4. The van der Waals surface area contributed by atoms with E-state index in [1.807, 2.05) is 0 Å². The normalized spacial score (nSPS) is 19.0. The van der Waals surface area contributed by atoms with Gasteiger partial charge in [-0.05, 0) is 12.8 Å². The fourth-order valence-corrected chi connectivity index (χ4v) is 3.89. The molecule has 0 unspecified atom stereocenters. The van der Waals surface area contributed by atoms with E-state index >= 15 is 0 Å². The largest absolute Gasteiger partial charge is 0.497 e. The number of hydrogen-bond acceptors (Lipinski definition) is 5. The van der Waals surface area contributed by atoms with Gasteiger partial charge < -0.3 is 20.1 Å². The van der Waals surface area contributed by atoms with Gasteiger partial charge in [-0.25, -0.2) is 4.79 Å². The molecule has 1 heterocycles. The maximum Gasteiger partial charge on any atom is 0.325 e. The number of methoxy groups -OCH3 is 2. The Kier molecular flexibility index (Phi) is 6.06. The molecule has 8 heteroatoms. The van der Waals surface area contributed by atoms with Crippen LogP contribution in [0.4, 0.5) is 10.5 Å². The molecule has 0 bridgehead atoms. The zero-order valence-electron chi connectivity index (χ0n) is 16.4. The Morgan fingerprint density at radius 3 is 2.18 bits per heavy atom. The van der Waals surface area contributed by atoms with Crippen molar-refractivity contribution in [3.8, 4) is 11.5 Å². The molecule has 1 aromatic carbocycles. The summed E-state index contributed by atoms with van der Waals surface area (Å²) in [6, 6.07) is 4.47. The molecule has 0 atom stereocenters. The number of imide groups is 1. The summed E-state index contributed by atoms with van der Waals surface area (Å²) in [5.41, 5.74) is -0.384. The topological polar surface area (TPSA) is 97.0 Å². The van der Waals surface area contributed by atoms with Gasteiger partial charge in [0.05, 0.1) is 14.2 Å². The molecule has 1 spiro atoms. The van der Waals surface area contributed by atoms with Crippen LogP contribution in [0.2, 0.25) is 0 Å². The number of anilines is 1. The Morgan fingerprint density at radius 1 is 1.04 bits per heavy atom. The lowest BCUT2D eigenvalue weighted by molar-refractivity contribution is -0.134. The molecule has 1 saturated carbocycles. The third-order valence-corrected chi connectivity index (χ3v) is 5.39. The Morgan fingerprint density at radius 2 is 1.61 bits per heavy atom. The van der Waals surface area contributed by atoms with Gasteiger partial charge in [0.2, 0.25) is 5.91 Å². The van der Waals surface area contributed by atoms with Crippen LogP contribution in [-0.2, 0) is 9.59 Å². The number of urea groups is 1. The van der Waals surface area contributed by atoms with E-state index in [0.717, 1.165) is 37.0 Å². The number of hydrogen-bond donors (Lipinski definition) is 2. The van der Waals surface area contributed by atoms with Crippen molar-refractivity contribution in [3.05, 3.63) is 18.2 Å². The average molecular weight is 389 g/mol. The molecule has 1 aromatic rings. The number of carbonyl (C=O) groups is 3. The second-order valence-electron chi connectivity index (χ2n) is 7.32. The van der Waals surface area contributed by atoms with Crippen LogP contribution in [-0.4, -0.2) is 49.0 Å². The smallest absolute Gasteiger partial charge is 0.325 e. The maximum absolute atomic E-state index is 13.0. The predicted molar refractivity (Wildman–Crippen MR) is 103 cm³/mol. The third-order valence-electron chi connectivity index (χ3n) is 5.39. The lowest BCUT2D eigenvalue weighted by Gasteiger charge is -2.28. The Labute approximate surface area is 164 Å². The molecule has 3 rings (SSSR count). The number of rotatable bonds is 5. The highest BCUT2D eigenvalue weighted by Crippen LogP contribution is 2.32. The van der Waals surface area contributed by atoms with Crippen LogP contribution in [0.3, 0.4) is 0 Å². The fourth-order valence-electron chi connectivity index (χ4n) is 3.89. The Balaban J connectivity index is 1.68. The molecule has 152 valence electrons. The van der Waals surface area contributed by atoms with Crippen LogP contribution in [0.15, 0.2) is 18.2 Å². The quantitative estimate of drug-likeness (QED) is 0.755. The van der Waals surface area contributed by atoms with Crippen molar-refractivity contribution in [2.24, 2.45) is 0 Å². The highest BCUT2D eigenvalue weighted by molar-refractivity contribution is 6.10. The van der Waals surface area contributed by atoms with Crippen molar-refractivity contribution >= 4 is 23.5 Å². The van der Waals surface area contributed by atoms with Gasteiger partial charge in [0, 0.05) is 23.9 Å². The van der Waals surface area contributed by atoms with Gasteiger partial charge in [0.1, 0.15) is 23.6 Å². The Hall–Kier alpha value is -2.77. The third kappa shape index (κ3) is 4.21. The molecule has 0 radical (unpaired) electrons. The summed E-state index contributed by atoms with van der Waals surface area (Å²) in [6.45, 7) is -0.327. The molecule has 1 aliphatic carbocycles. The van der Waals surface area contributed by atoms with Crippen LogP contribution in [0.25, 0.3) is 0 Å². The molecular weight excluding hydrogens is 362 g/mol. The molecule has 28 heavy (non-hydrogen) atoms. The first-order valence-electron chi connectivity index (χ1n) is 9.64. The van der Waals surface area contributed by atoms with E-state index in [4.69, 9.17) is 9.47 Å². The van der Waals surface area contributed by atoms with Crippen LogP contribution in [0.5, 0.6) is 11.5 Å². The van der Waals surface area contributed by atoms with Gasteiger partial charge in [0.25, 0.3) is 5.91 Å². The highest BCUT2D eigenvalue weighted by Gasteiger charge is 2.50. The molecule has 2 aliphatic rings. The summed E-state index contributed by atoms with van der Waals surface area (Å²) in [5.74, 6) is 0.302. The summed E-state index contributed by atoms with van der Waals surface area (Å²) >= 11 is 0. The van der Waals surface area contributed by atoms with E-state index in [1.165, 1.54) is 14.2 Å². The molecule has 1 aliphatic heterocycles. The zero-order valence-corrected chi connectivity index (χ0v) is 16.4. The van der Waals surface area contributed by atoms with E-state index in [2.05, 4.69) is 10.6 Å². The van der Waals surface area contributed by atoms with Gasteiger partial charge in [-0.3, -0.25) is 14.5 Å². The molecule has 2 N–H and O–H groups in total. The predicted octanol–water partition coefficient (Wildman–Crippen LogP) is 2.68. The second kappa shape index (κ2) is 8.50. The lowest BCUT2D eigenvalue weighted by Crippen LogP contribution is -2.47. The SMILES string of the molecule is COc1cc(NC(=O)CN2C(=O)NC3(CCCCCCC3)C2=O)cc(OC)c1. The standard InChI is InChI=1S/C20H27N3O5/c1-27-15-10-14(11-16(12-15)28-2)21-17(24)13-23-18(25)20(22-19(23)26)8-6-4-3-5-7-9-20/h10-12H,3-9,13H2,1-2H3,(H,21,24)(H,22,26). The number of ether oxygens (including phenoxy) is 2. The monoisotopic (exact) mass is 389 g/mol. The van der Waals surface area contributed by atoms with Crippen molar-refractivity contribution in [2.45, 2.75) is 50.5 Å². The number of nitrogens with zero attached hydrogens (tertiary/aromatic N) is 1. The molecular formula is C20H27N3O5. The second-order valence-corrected chi connectivity index (χ2v) is 7.32. The molecule has 4 amide bonds. The molecule has 1 saturated heterocycles. The first-order valence-corrected chi connectivity index (χ1v) is 9.64. The Bertz CT molecular complexity index is 734. The van der Waals surface area contributed by atoms with Gasteiger partial charge in [-0.2, -0.15) is 0 Å². The maximum atomic E-state index is 13.0. The zero-order chi connectivity index (χ0) is 20.1. The van der Waals surface area contributed by atoms with Crippen molar-refractivity contribution in [1.82, 2.24) is 10.2 Å². The minimum Gasteiger partial charge on any atom is -0.497 e. The minimum absolute atomic E-state index is 0.294. The van der Waals surface area contributed by atoms with Gasteiger partial charge in [-0.15, -0.1) is 0 Å². The summed E-state index contributed by atoms with van der Waals surface area (Å²) in [4.78, 5) is 38.9. The molecule has 2 fully saturated rings. The summed E-state index contributed by atoms with van der Waals surface area (Å²) in [7, 11) is 3.03. The van der Waals surface area contributed by atoms with E-state index in [-0.39, 0.29) is 12.5 Å². The first-order chi connectivity index (χ1) is 13.5. The average Bonchev–Trinajstić information content (AvgIpc) is 2.89. The lowest BCUT2D eigenvalue weighted by atomic mass is 9.84. The van der Waals surface area contributed by atoms with Crippen LogP contribution >= 0.6 is 0 Å². The molecule has 0 aromatic heterocycles. The van der Waals surface area contributed by atoms with E-state index in [9.17, 15) is 14.4 Å². The number of nitrogens with one attached hydrogen (secondary N) is 2. The van der Waals surface area contributed by atoms with Crippen LogP contribution in [0, 0.1) is 0 Å². The van der Waals surface area contributed by atoms with E-state index < -0.39 is 17.5 Å². The van der Waals surface area contributed by atoms with Crippen LogP contribution < -0.4 is 20.1 Å². The van der Waals surface area contributed by atoms with Crippen molar-refractivity contribution < 1.29 is 23.9 Å². The number of benzene rings is 1. The number of carbonyl (C=O) groups excluding carboxylic acids is 3. The van der Waals surface area contributed by atoms with E-state index in [0.29, 0.717) is 30.0 Å². The summed E-state index contributed by atoms with van der Waals surface area (Å²) in [6.07, 6.45) is 6.33. The highest BCUT2D eigenvalue weighted by atomic mass is 16.5. The van der Waals surface area contributed by atoms with Crippen molar-refractivity contribution in [2.75, 3.05) is 26.1 Å². The number of amides is 4. The van der Waals surface area contributed by atoms with E-state index in [1.54, 1.807) is 18.2 Å². The van der Waals surface area contributed by atoms with Gasteiger partial charge >= 0.3 is 6.03 Å². The van der Waals surface area contributed by atoms with Gasteiger partial charge in [0.15, 0.2) is 0 Å². The van der Waals surface area contributed by atoms with Crippen LogP contribution in [0.1, 0.15) is 44.9 Å². The van der Waals surface area contributed by atoms with Crippen molar-refractivity contribution in [1.29, 1.82) is 0 Å². The molecule has 8 nitrogen and oxygen atoms in total. The fraction of sp³-hybridized carbons (Fsp3) is 0.550. The first kappa shape index (κ1) is 20.0. The van der Waals surface area contributed by atoms with Gasteiger partial charge in [-0.1, -0.05) is 32.1 Å². The van der Waals surface area contributed by atoms with Crippen molar-refractivity contribution in [3.63, 3.8) is 0 Å².